The van der Waals surface area contributed by atoms with Crippen LogP contribution in [0.1, 0.15) is 135 Å². The Morgan fingerprint density at radius 3 is 1.81 bits per heavy atom. The van der Waals surface area contributed by atoms with Crippen molar-refractivity contribution in [3.8, 4) is 0 Å². The van der Waals surface area contributed by atoms with Crippen molar-refractivity contribution in [2.45, 2.75) is 148 Å². The first-order chi connectivity index (χ1) is 18.0. The molecule has 1 unspecified atom stereocenters. The van der Waals surface area contributed by atoms with Crippen molar-refractivity contribution in [2.75, 3.05) is 26.2 Å². The van der Waals surface area contributed by atoms with Gasteiger partial charge in [-0.1, -0.05) is 90.4 Å². The molecular formula is C31H57NO5. The lowest BCUT2D eigenvalue weighted by Crippen LogP contribution is -2.24. The molecule has 2 radical (unpaired) electrons. The Morgan fingerprint density at radius 2 is 1.27 bits per heavy atom. The van der Waals surface area contributed by atoms with Gasteiger partial charge in [0.25, 0.3) is 0 Å². The topological polar surface area (TPSA) is 65.1 Å². The molecule has 0 aromatic rings. The summed E-state index contributed by atoms with van der Waals surface area (Å²) in [4.78, 5) is 26.5. The molecule has 1 aliphatic heterocycles. The monoisotopic (exact) mass is 523 g/mol. The summed E-state index contributed by atoms with van der Waals surface area (Å²) in [5.41, 5.74) is 0. The van der Waals surface area contributed by atoms with Crippen LogP contribution in [0.4, 0.5) is 4.79 Å². The minimum Gasteiger partial charge on any atom is -0.462 e. The van der Waals surface area contributed by atoms with Crippen molar-refractivity contribution in [2.24, 2.45) is 0 Å². The van der Waals surface area contributed by atoms with Gasteiger partial charge < -0.3 is 19.1 Å². The van der Waals surface area contributed by atoms with Gasteiger partial charge in [-0.25, -0.2) is 4.79 Å². The second kappa shape index (κ2) is 23.8. The maximum atomic E-state index is 12.2. The molecule has 1 heterocycles. The number of carbonyl (C=O) groups is 2. The third-order valence-corrected chi connectivity index (χ3v) is 7.15. The standard InChI is InChI=1S/C31H57NO5/c1-4-5-6-7-8-9-10-11-12-13-14-15-16-17-21-29(22-23-30(33)36-28(2)3)37-31(34)35-27-20-26-32-24-18-19-25-32/h28-29H,2-27H2,1H3. The molecule has 1 rings (SSSR count). The minimum atomic E-state index is -0.627. The number of ether oxygens (including phenoxy) is 3. The highest BCUT2D eigenvalue weighted by molar-refractivity contribution is 5.69. The fourth-order valence-corrected chi connectivity index (χ4v) is 4.97. The maximum absolute atomic E-state index is 12.2. The summed E-state index contributed by atoms with van der Waals surface area (Å²) in [6.45, 7) is 13.0. The highest BCUT2D eigenvalue weighted by Gasteiger charge is 2.18. The van der Waals surface area contributed by atoms with Crippen LogP contribution in [0.2, 0.25) is 0 Å². The van der Waals surface area contributed by atoms with Crippen LogP contribution >= 0.6 is 0 Å². The van der Waals surface area contributed by atoms with Gasteiger partial charge in [-0.3, -0.25) is 4.79 Å². The quantitative estimate of drug-likeness (QED) is 0.0938. The second-order valence-corrected chi connectivity index (χ2v) is 10.8. The third-order valence-electron chi connectivity index (χ3n) is 7.15. The van der Waals surface area contributed by atoms with Gasteiger partial charge in [0, 0.05) is 13.0 Å². The number of hydrogen-bond donors (Lipinski definition) is 0. The fraction of sp³-hybridized carbons (Fsp3) is 0.871. The van der Waals surface area contributed by atoms with Gasteiger partial charge >= 0.3 is 12.1 Å². The lowest BCUT2D eigenvalue weighted by atomic mass is 10.0. The number of hydrogen-bond acceptors (Lipinski definition) is 6. The summed E-state index contributed by atoms with van der Waals surface area (Å²) < 4.78 is 15.9. The van der Waals surface area contributed by atoms with Gasteiger partial charge in [0.2, 0.25) is 0 Å². The van der Waals surface area contributed by atoms with Gasteiger partial charge in [-0.2, -0.15) is 0 Å². The Kier molecular flexibility index (Phi) is 21.7. The molecule has 0 N–H and O–H groups in total. The van der Waals surface area contributed by atoms with E-state index in [1.807, 2.05) is 0 Å². The number of likely N-dealkylation sites (tertiary alicyclic amines) is 1. The van der Waals surface area contributed by atoms with E-state index in [0.29, 0.717) is 13.0 Å². The molecule has 216 valence electrons. The first-order valence-electron chi connectivity index (χ1n) is 15.4. The number of rotatable bonds is 24. The zero-order valence-electron chi connectivity index (χ0n) is 24.0. The van der Waals surface area contributed by atoms with Crippen molar-refractivity contribution in [1.82, 2.24) is 4.90 Å². The first kappa shape index (κ1) is 33.7. The zero-order valence-corrected chi connectivity index (χ0v) is 24.0. The van der Waals surface area contributed by atoms with Crippen LogP contribution in [-0.2, 0) is 19.0 Å². The van der Waals surface area contributed by atoms with E-state index in [1.165, 1.54) is 89.9 Å². The number of nitrogens with zero attached hydrogens (tertiary/aromatic N) is 1. The van der Waals surface area contributed by atoms with E-state index >= 15 is 0 Å². The van der Waals surface area contributed by atoms with Crippen molar-refractivity contribution in [1.29, 1.82) is 0 Å². The van der Waals surface area contributed by atoms with E-state index in [4.69, 9.17) is 14.2 Å². The van der Waals surface area contributed by atoms with E-state index in [9.17, 15) is 9.59 Å². The normalized spacial score (nSPS) is 14.7. The molecule has 0 aromatic heterocycles. The molecule has 6 nitrogen and oxygen atoms in total. The molecule has 1 aliphatic rings. The minimum absolute atomic E-state index is 0.188. The average Bonchev–Trinajstić information content (AvgIpc) is 3.38. The lowest BCUT2D eigenvalue weighted by molar-refractivity contribution is -0.146. The molecule has 0 saturated carbocycles. The zero-order chi connectivity index (χ0) is 27.0. The van der Waals surface area contributed by atoms with Gasteiger partial charge in [-0.05, 0) is 65.5 Å². The number of unbranched alkanes of at least 4 members (excludes halogenated alkanes) is 13. The van der Waals surface area contributed by atoms with Crippen molar-refractivity contribution < 1.29 is 23.8 Å². The molecule has 0 spiro atoms. The molecule has 1 atom stereocenters. The summed E-state index contributed by atoms with van der Waals surface area (Å²) in [7, 11) is 0. The summed E-state index contributed by atoms with van der Waals surface area (Å²) >= 11 is 0. The van der Waals surface area contributed by atoms with Crippen LogP contribution < -0.4 is 0 Å². The Hall–Kier alpha value is -1.30. The molecular weight excluding hydrogens is 466 g/mol. The third kappa shape index (κ3) is 21.3. The van der Waals surface area contributed by atoms with Gasteiger partial charge in [0.05, 0.1) is 6.61 Å². The predicted octanol–water partition coefficient (Wildman–Crippen LogP) is 8.23. The van der Waals surface area contributed by atoms with Crippen LogP contribution in [0.3, 0.4) is 0 Å². The summed E-state index contributed by atoms with van der Waals surface area (Å²) in [5.74, 6) is -0.358. The van der Waals surface area contributed by atoms with Gasteiger partial charge in [0.1, 0.15) is 12.2 Å². The summed E-state index contributed by atoms with van der Waals surface area (Å²) in [6, 6.07) is 0. The van der Waals surface area contributed by atoms with Crippen molar-refractivity contribution in [3.05, 3.63) is 13.8 Å². The van der Waals surface area contributed by atoms with Crippen molar-refractivity contribution >= 4 is 12.1 Å². The summed E-state index contributed by atoms with van der Waals surface area (Å²) in [5, 5.41) is 0. The van der Waals surface area contributed by atoms with Gasteiger partial charge in [-0.15, -0.1) is 0 Å². The van der Waals surface area contributed by atoms with Crippen LogP contribution in [0.25, 0.3) is 0 Å². The van der Waals surface area contributed by atoms with E-state index in [2.05, 4.69) is 25.7 Å². The van der Waals surface area contributed by atoms with Gasteiger partial charge in [0.15, 0.2) is 0 Å². The van der Waals surface area contributed by atoms with E-state index in [1.54, 1.807) is 0 Å². The molecule has 0 amide bonds. The summed E-state index contributed by atoms with van der Waals surface area (Å²) in [6.07, 6.45) is 21.4. The van der Waals surface area contributed by atoms with Crippen LogP contribution in [-0.4, -0.2) is 55.5 Å². The largest absolute Gasteiger partial charge is 0.508 e. The lowest BCUT2D eigenvalue weighted by Gasteiger charge is -2.18. The second-order valence-electron chi connectivity index (χ2n) is 10.8. The molecule has 37 heavy (non-hydrogen) atoms. The smallest absolute Gasteiger partial charge is 0.462 e. The Bertz CT molecular complexity index is 548. The highest BCUT2D eigenvalue weighted by atomic mass is 16.7. The van der Waals surface area contributed by atoms with Crippen LogP contribution in [0, 0.1) is 13.8 Å². The fourth-order valence-electron chi connectivity index (χ4n) is 4.97. The molecule has 6 heteroatoms. The van der Waals surface area contributed by atoms with Crippen molar-refractivity contribution in [3.63, 3.8) is 0 Å². The molecule has 0 bridgehead atoms. The maximum Gasteiger partial charge on any atom is 0.508 e. The van der Waals surface area contributed by atoms with E-state index in [-0.39, 0.29) is 18.5 Å². The predicted molar refractivity (Wildman–Crippen MR) is 151 cm³/mol. The highest BCUT2D eigenvalue weighted by Crippen LogP contribution is 2.17. The number of carbonyl (C=O) groups excluding carboxylic acids is 2. The van der Waals surface area contributed by atoms with Crippen LogP contribution in [0.15, 0.2) is 0 Å². The molecule has 1 saturated heterocycles. The molecule has 0 aromatic carbocycles. The first-order valence-corrected chi connectivity index (χ1v) is 15.4. The molecule has 0 aliphatic carbocycles. The van der Waals surface area contributed by atoms with Crippen LogP contribution in [0.5, 0.6) is 0 Å². The SMILES string of the molecule is [CH2]C([CH2])OC(=O)CCC(CCCCCCCCCCCCCCCC)OC(=O)OCCCN1CCCC1. The number of esters is 1. The Balaban J connectivity index is 2.14. The Morgan fingerprint density at radius 1 is 0.730 bits per heavy atom. The van der Waals surface area contributed by atoms with E-state index < -0.39 is 12.3 Å². The Labute approximate surface area is 228 Å². The van der Waals surface area contributed by atoms with E-state index in [0.717, 1.165) is 45.3 Å². The average molecular weight is 524 g/mol. The molecule has 1 fully saturated rings.